The fourth-order valence-corrected chi connectivity index (χ4v) is 1.10. The summed E-state index contributed by atoms with van der Waals surface area (Å²) in [5.74, 6) is 0. The highest BCUT2D eigenvalue weighted by molar-refractivity contribution is 5.85. The second-order valence-corrected chi connectivity index (χ2v) is 2.80. The van der Waals surface area contributed by atoms with E-state index >= 15 is 0 Å². The minimum atomic E-state index is -4.51. The predicted octanol–water partition coefficient (Wildman–Crippen LogP) is 2.49. The average molecular weight is 257 g/mol. The van der Waals surface area contributed by atoms with Crippen LogP contribution in [0.3, 0.4) is 0 Å². The van der Waals surface area contributed by atoms with Crippen molar-refractivity contribution in [2.75, 3.05) is 0 Å². The molecule has 0 aliphatic carbocycles. The molecule has 90 valence electrons. The van der Waals surface area contributed by atoms with Gasteiger partial charge in [-0.05, 0) is 12.1 Å². The van der Waals surface area contributed by atoms with Crippen molar-refractivity contribution < 1.29 is 18.1 Å². The van der Waals surface area contributed by atoms with Gasteiger partial charge < -0.3 is 5.73 Å². The zero-order valence-corrected chi connectivity index (χ0v) is 8.64. The summed E-state index contributed by atoms with van der Waals surface area (Å²) in [4.78, 5) is 9.65. The standard InChI is InChI=1S/C8H7F3N2O2.ClH/c9-8(10,11)6-1-2-7(13(14)15)5(3-6)4-12;/h1-3H,4,12H2;1H. The summed E-state index contributed by atoms with van der Waals surface area (Å²) in [5, 5.41) is 10.4. The first-order chi connectivity index (χ1) is 6.86. The van der Waals surface area contributed by atoms with Crippen LogP contribution in [0.15, 0.2) is 18.2 Å². The molecule has 0 aromatic heterocycles. The van der Waals surface area contributed by atoms with Gasteiger partial charge in [-0.1, -0.05) is 0 Å². The van der Waals surface area contributed by atoms with Crippen LogP contribution in [0.1, 0.15) is 11.1 Å². The van der Waals surface area contributed by atoms with Gasteiger partial charge in [-0.25, -0.2) is 0 Å². The van der Waals surface area contributed by atoms with E-state index in [-0.39, 0.29) is 24.5 Å². The Balaban J connectivity index is 0.00000225. The maximum Gasteiger partial charge on any atom is 0.416 e. The van der Waals surface area contributed by atoms with Crippen LogP contribution in [0.5, 0.6) is 0 Å². The molecule has 0 saturated heterocycles. The van der Waals surface area contributed by atoms with Crippen molar-refractivity contribution in [2.45, 2.75) is 12.7 Å². The number of nitrogens with zero attached hydrogens (tertiary/aromatic N) is 1. The molecule has 0 amide bonds. The Kier molecular flexibility index (Phi) is 4.70. The van der Waals surface area contributed by atoms with Crippen LogP contribution >= 0.6 is 12.4 Å². The monoisotopic (exact) mass is 256 g/mol. The highest BCUT2D eigenvalue weighted by Gasteiger charge is 2.31. The Labute approximate surface area is 94.8 Å². The van der Waals surface area contributed by atoms with Crippen molar-refractivity contribution in [1.82, 2.24) is 0 Å². The lowest BCUT2D eigenvalue weighted by atomic mass is 10.1. The van der Waals surface area contributed by atoms with Crippen molar-refractivity contribution in [3.63, 3.8) is 0 Å². The fourth-order valence-electron chi connectivity index (χ4n) is 1.10. The molecular weight excluding hydrogens is 249 g/mol. The molecule has 0 aliphatic heterocycles. The minimum absolute atomic E-state index is 0. The van der Waals surface area contributed by atoms with Gasteiger partial charge in [0.1, 0.15) is 0 Å². The summed E-state index contributed by atoms with van der Waals surface area (Å²) < 4.78 is 36.7. The number of alkyl halides is 3. The number of nitro groups is 1. The number of benzene rings is 1. The van der Waals surface area contributed by atoms with E-state index in [1.54, 1.807) is 0 Å². The van der Waals surface area contributed by atoms with E-state index < -0.39 is 22.4 Å². The molecule has 1 aromatic carbocycles. The normalized spacial score (nSPS) is 10.8. The van der Waals surface area contributed by atoms with E-state index in [2.05, 4.69) is 0 Å². The average Bonchev–Trinajstić information content (AvgIpc) is 2.15. The maximum absolute atomic E-state index is 12.2. The molecule has 0 unspecified atom stereocenters. The van der Waals surface area contributed by atoms with E-state index in [1.165, 1.54) is 0 Å². The van der Waals surface area contributed by atoms with Crippen LogP contribution in [-0.2, 0) is 12.7 Å². The number of rotatable bonds is 2. The van der Waals surface area contributed by atoms with Gasteiger partial charge in [0.2, 0.25) is 0 Å². The van der Waals surface area contributed by atoms with E-state index in [0.29, 0.717) is 12.1 Å². The van der Waals surface area contributed by atoms with Gasteiger partial charge in [-0.3, -0.25) is 10.1 Å². The van der Waals surface area contributed by atoms with Crippen LogP contribution < -0.4 is 5.73 Å². The predicted molar refractivity (Wildman–Crippen MR) is 53.2 cm³/mol. The molecule has 0 aliphatic rings. The molecular formula is C8H8ClF3N2O2. The van der Waals surface area contributed by atoms with Crippen LogP contribution in [0.4, 0.5) is 18.9 Å². The molecule has 0 radical (unpaired) electrons. The molecule has 0 spiro atoms. The zero-order chi connectivity index (χ0) is 11.6. The highest BCUT2D eigenvalue weighted by atomic mass is 35.5. The molecule has 0 atom stereocenters. The second-order valence-electron chi connectivity index (χ2n) is 2.80. The van der Waals surface area contributed by atoms with Gasteiger partial charge in [0.25, 0.3) is 5.69 Å². The molecule has 0 heterocycles. The van der Waals surface area contributed by atoms with Gasteiger partial charge in [-0.15, -0.1) is 12.4 Å². The Hall–Kier alpha value is -1.34. The number of hydrogen-bond donors (Lipinski definition) is 1. The topological polar surface area (TPSA) is 69.2 Å². The lowest BCUT2D eigenvalue weighted by molar-refractivity contribution is -0.385. The molecule has 0 saturated carbocycles. The molecule has 1 rings (SSSR count). The van der Waals surface area contributed by atoms with Crippen LogP contribution in [0.25, 0.3) is 0 Å². The summed E-state index contributed by atoms with van der Waals surface area (Å²) in [6.07, 6.45) is -4.51. The third-order valence-electron chi connectivity index (χ3n) is 1.82. The maximum atomic E-state index is 12.2. The van der Waals surface area contributed by atoms with E-state index in [1.807, 2.05) is 0 Å². The summed E-state index contributed by atoms with van der Waals surface area (Å²) >= 11 is 0. The first-order valence-corrected chi connectivity index (χ1v) is 3.91. The lowest BCUT2D eigenvalue weighted by Gasteiger charge is -2.07. The molecule has 4 nitrogen and oxygen atoms in total. The Morgan fingerprint density at radius 1 is 1.38 bits per heavy atom. The summed E-state index contributed by atoms with van der Waals surface area (Å²) in [5.41, 5.74) is 3.66. The van der Waals surface area contributed by atoms with Gasteiger partial charge in [0, 0.05) is 18.2 Å². The smallest absolute Gasteiger partial charge is 0.326 e. The van der Waals surface area contributed by atoms with Crippen LogP contribution in [-0.4, -0.2) is 4.92 Å². The summed E-state index contributed by atoms with van der Waals surface area (Å²) in [6, 6.07) is 2.17. The van der Waals surface area contributed by atoms with Gasteiger partial charge in [-0.2, -0.15) is 13.2 Å². The van der Waals surface area contributed by atoms with Crippen molar-refractivity contribution in [3.05, 3.63) is 39.4 Å². The van der Waals surface area contributed by atoms with Crippen LogP contribution in [0, 0.1) is 10.1 Å². The Bertz CT molecular complexity index is 395. The first-order valence-electron chi connectivity index (χ1n) is 3.91. The van der Waals surface area contributed by atoms with E-state index in [4.69, 9.17) is 5.73 Å². The first kappa shape index (κ1) is 14.7. The summed E-state index contributed by atoms with van der Waals surface area (Å²) in [6.45, 7) is -0.305. The molecule has 1 aromatic rings. The number of nitrogens with two attached hydrogens (primary N) is 1. The Morgan fingerprint density at radius 2 is 1.94 bits per heavy atom. The fraction of sp³-hybridized carbons (Fsp3) is 0.250. The number of halogens is 4. The SMILES string of the molecule is Cl.NCc1cc(C(F)(F)F)ccc1[N+](=O)[O-]. The second kappa shape index (κ2) is 5.13. The number of nitro benzene ring substituents is 1. The Morgan fingerprint density at radius 3 is 2.31 bits per heavy atom. The van der Waals surface area contributed by atoms with Crippen molar-refractivity contribution in [1.29, 1.82) is 0 Å². The van der Waals surface area contributed by atoms with Crippen molar-refractivity contribution in [2.24, 2.45) is 5.73 Å². The molecule has 16 heavy (non-hydrogen) atoms. The molecule has 8 heteroatoms. The third kappa shape index (κ3) is 3.07. The van der Waals surface area contributed by atoms with Crippen molar-refractivity contribution >= 4 is 18.1 Å². The largest absolute Gasteiger partial charge is 0.416 e. The zero-order valence-electron chi connectivity index (χ0n) is 7.82. The van der Waals surface area contributed by atoms with Gasteiger partial charge in [0.15, 0.2) is 0 Å². The highest BCUT2D eigenvalue weighted by Crippen LogP contribution is 2.32. The van der Waals surface area contributed by atoms with Gasteiger partial charge >= 0.3 is 6.18 Å². The van der Waals surface area contributed by atoms with E-state index in [9.17, 15) is 23.3 Å². The van der Waals surface area contributed by atoms with E-state index in [0.717, 1.165) is 6.07 Å². The lowest BCUT2D eigenvalue weighted by Crippen LogP contribution is -2.08. The molecule has 0 fully saturated rings. The third-order valence-corrected chi connectivity index (χ3v) is 1.82. The summed E-state index contributed by atoms with van der Waals surface area (Å²) in [7, 11) is 0. The van der Waals surface area contributed by atoms with Crippen molar-refractivity contribution in [3.8, 4) is 0 Å². The van der Waals surface area contributed by atoms with Crippen LogP contribution in [0.2, 0.25) is 0 Å². The molecule has 2 N–H and O–H groups in total. The number of hydrogen-bond acceptors (Lipinski definition) is 3. The minimum Gasteiger partial charge on any atom is -0.326 e. The molecule has 0 bridgehead atoms. The quantitative estimate of drug-likeness (QED) is 0.653. The van der Waals surface area contributed by atoms with Gasteiger partial charge in [0.05, 0.1) is 10.5 Å².